The first-order chi connectivity index (χ1) is 8.50. The highest BCUT2D eigenvalue weighted by atomic mass is 32.1. The molecule has 0 bridgehead atoms. The molecule has 0 saturated carbocycles. The predicted molar refractivity (Wildman–Crippen MR) is 66.5 cm³/mol. The van der Waals surface area contributed by atoms with Crippen LogP contribution in [0.1, 0.15) is 23.0 Å². The lowest BCUT2D eigenvalue weighted by Crippen LogP contribution is -2.01. The molecule has 3 nitrogen and oxygen atoms in total. The van der Waals surface area contributed by atoms with E-state index >= 15 is 0 Å². The van der Waals surface area contributed by atoms with Crippen molar-refractivity contribution in [2.24, 2.45) is 0 Å². The highest BCUT2D eigenvalue weighted by molar-refractivity contribution is 7.10. The van der Waals surface area contributed by atoms with Crippen LogP contribution >= 0.6 is 11.5 Å². The number of aromatic nitrogens is 1. The smallest absolute Gasteiger partial charge is 0.164 e. The first-order valence-corrected chi connectivity index (χ1v) is 5.96. The SMILES string of the molecule is CC(=O)c1c(C)nsc1Nc1c(F)cccc1F. The van der Waals surface area contributed by atoms with Gasteiger partial charge in [0.25, 0.3) is 0 Å². The number of carbonyl (C=O) groups is 1. The Morgan fingerprint density at radius 1 is 1.33 bits per heavy atom. The quantitative estimate of drug-likeness (QED) is 0.863. The highest BCUT2D eigenvalue weighted by Gasteiger charge is 2.17. The van der Waals surface area contributed by atoms with Gasteiger partial charge in [0.15, 0.2) is 5.78 Å². The number of nitrogens with zero attached hydrogens (tertiary/aromatic N) is 1. The molecule has 2 rings (SSSR count). The van der Waals surface area contributed by atoms with E-state index in [4.69, 9.17) is 0 Å². The van der Waals surface area contributed by atoms with Crippen molar-refractivity contribution in [1.82, 2.24) is 4.37 Å². The monoisotopic (exact) mass is 268 g/mol. The summed E-state index contributed by atoms with van der Waals surface area (Å²) in [4.78, 5) is 11.4. The summed E-state index contributed by atoms with van der Waals surface area (Å²) in [6.45, 7) is 3.07. The fraction of sp³-hybridized carbons (Fsp3) is 0.167. The lowest BCUT2D eigenvalue weighted by molar-refractivity contribution is 0.101. The molecule has 0 radical (unpaired) electrons. The fourth-order valence-corrected chi connectivity index (χ4v) is 2.45. The maximum Gasteiger partial charge on any atom is 0.164 e. The Labute approximate surface area is 107 Å². The molecule has 2 aromatic rings. The van der Waals surface area contributed by atoms with E-state index in [1.54, 1.807) is 6.92 Å². The zero-order valence-electron chi connectivity index (χ0n) is 9.75. The van der Waals surface area contributed by atoms with E-state index in [9.17, 15) is 13.6 Å². The molecule has 1 aromatic heterocycles. The van der Waals surface area contributed by atoms with E-state index in [0.29, 0.717) is 16.3 Å². The molecule has 6 heteroatoms. The number of rotatable bonds is 3. The lowest BCUT2D eigenvalue weighted by atomic mass is 10.2. The molecule has 0 atom stereocenters. The largest absolute Gasteiger partial charge is 0.341 e. The number of nitrogens with one attached hydrogen (secondary N) is 1. The van der Waals surface area contributed by atoms with Crippen LogP contribution in [0.4, 0.5) is 19.5 Å². The van der Waals surface area contributed by atoms with Crippen molar-refractivity contribution in [1.29, 1.82) is 0 Å². The van der Waals surface area contributed by atoms with Gasteiger partial charge < -0.3 is 5.32 Å². The number of ketones is 1. The number of anilines is 2. The maximum absolute atomic E-state index is 13.5. The molecule has 1 N–H and O–H groups in total. The van der Waals surface area contributed by atoms with Gasteiger partial charge in [-0.1, -0.05) is 6.07 Å². The third-order valence-corrected chi connectivity index (χ3v) is 3.27. The Kier molecular flexibility index (Phi) is 3.38. The van der Waals surface area contributed by atoms with Crippen molar-refractivity contribution in [3.05, 3.63) is 41.1 Å². The Hall–Kier alpha value is -1.82. The minimum Gasteiger partial charge on any atom is -0.341 e. The molecule has 0 aliphatic carbocycles. The molecule has 0 fully saturated rings. The standard InChI is InChI=1S/C12H10F2N2OS/c1-6-10(7(2)17)12(18-16-6)15-11-8(13)4-3-5-9(11)14/h3-5,15H,1-2H3. The van der Waals surface area contributed by atoms with E-state index in [2.05, 4.69) is 9.69 Å². The molecule has 0 aliphatic heterocycles. The number of Topliss-reactive ketones (excluding diaryl/α,β-unsaturated/α-hetero) is 1. The molecule has 0 aliphatic rings. The van der Waals surface area contributed by atoms with Gasteiger partial charge in [0, 0.05) is 0 Å². The zero-order chi connectivity index (χ0) is 13.3. The van der Waals surface area contributed by atoms with Crippen LogP contribution in [0.5, 0.6) is 0 Å². The molecule has 1 aromatic carbocycles. The van der Waals surface area contributed by atoms with E-state index in [-0.39, 0.29) is 11.5 Å². The number of hydrogen-bond acceptors (Lipinski definition) is 4. The van der Waals surface area contributed by atoms with Crippen molar-refractivity contribution in [2.75, 3.05) is 5.32 Å². The van der Waals surface area contributed by atoms with Gasteiger partial charge in [-0.25, -0.2) is 8.78 Å². The molecule has 1 heterocycles. The van der Waals surface area contributed by atoms with Crippen LogP contribution in [0.25, 0.3) is 0 Å². The molecule has 18 heavy (non-hydrogen) atoms. The maximum atomic E-state index is 13.5. The highest BCUT2D eigenvalue weighted by Crippen LogP contribution is 2.30. The first-order valence-electron chi connectivity index (χ1n) is 5.19. The van der Waals surface area contributed by atoms with Crippen LogP contribution in [0, 0.1) is 18.6 Å². The Bertz CT molecular complexity index is 590. The van der Waals surface area contributed by atoms with Gasteiger partial charge >= 0.3 is 0 Å². The van der Waals surface area contributed by atoms with E-state index in [1.165, 1.54) is 13.0 Å². The van der Waals surface area contributed by atoms with Crippen LogP contribution in [0.3, 0.4) is 0 Å². The van der Waals surface area contributed by atoms with Crippen LogP contribution < -0.4 is 5.32 Å². The summed E-state index contributed by atoms with van der Waals surface area (Å²) in [7, 11) is 0. The summed E-state index contributed by atoms with van der Waals surface area (Å²) in [6.07, 6.45) is 0. The lowest BCUT2D eigenvalue weighted by Gasteiger charge is -2.07. The topological polar surface area (TPSA) is 42.0 Å². The van der Waals surface area contributed by atoms with Gasteiger partial charge in [0.2, 0.25) is 0 Å². The molecule has 0 amide bonds. The van der Waals surface area contributed by atoms with E-state index in [1.807, 2.05) is 0 Å². The second-order valence-electron chi connectivity index (χ2n) is 3.75. The normalized spacial score (nSPS) is 10.4. The number of halogens is 2. The number of benzene rings is 1. The van der Waals surface area contributed by atoms with Crippen LogP contribution in [0.2, 0.25) is 0 Å². The van der Waals surface area contributed by atoms with Crippen molar-refractivity contribution in [3.63, 3.8) is 0 Å². The summed E-state index contributed by atoms with van der Waals surface area (Å²) in [5, 5.41) is 2.95. The second-order valence-corrected chi connectivity index (χ2v) is 4.52. The van der Waals surface area contributed by atoms with E-state index in [0.717, 1.165) is 23.7 Å². The van der Waals surface area contributed by atoms with Crippen LogP contribution in [-0.2, 0) is 0 Å². The summed E-state index contributed by atoms with van der Waals surface area (Å²) in [5.74, 6) is -1.62. The van der Waals surface area contributed by atoms with Crippen molar-refractivity contribution >= 4 is 28.0 Å². The van der Waals surface area contributed by atoms with E-state index < -0.39 is 11.6 Å². The van der Waals surface area contributed by atoms with Gasteiger partial charge in [-0.05, 0) is 37.5 Å². The zero-order valence-corrected chi connectivity index (χ0v) is 10.6. The number of hydrogen-bond donors (Lipinski definition) is 1. The van der Waals surface area contributed by atoms with Crippen LogP contribution in [-0.4, -0.2) is 10.2 Å². The van der Waals surface area contributed by atoms with Gasteiger partial charge in [0.05, 0.1) is 11.3 Å². The third-order valence-electron chi connectivity index (χ3n) is 2.42. The summed E-state index contributed by atoms with van der Waals surface area (Å²) in [5.41, 5.74) is 0.637. The van der Waals surface area contributed by atoms with Crippen LogP contribution in [0.15, 0.2) is 18.2 Å². The van der Waals surface area contributed by atoms with Crippen molar-refractivity contribution in [2.45, 2.75) is 13.8 Å². The molecular weight excluding hydrogens is 258 g/mol. The first kappa shape index (κ1) is 12.6. The third kappa shape index (κ3) is 2.24. The Morgan fingerprint density at radius 2 is 1.94 bits per heavy atom. The van der Waals surface area contributed by atoms with Gasteiger partial charge in [-0.3, -0.25) is 4.79 Å². The minimum absolute atomic E-state index is 0.194. The predicted octanol–water partition coefficient (Wildman–Crippen LogP) is 3.68. The molecule has 94 valence electrons. The van der Waals surface area contributed by atoms with Crippen molar-refractivity contribution in [3.8, 4) is 0 Å². The number of aryl methyl sites for hydroxylation is 1. The summed E-state index contributed by atoms with van der Waals surface area (Å²) < 4.78 is 31.0. The molecule has 0 spiro atoms. The summed E-state index contributed by atoms with van der Waals surface area (Å²) >= 11 is 1.00. The average molecular weight is 268 g/mol. The van der Waals surface area contributed by atoms with Gasteiger partial charge in [-0.2, -0.15) is 4.37 Å². The Balaban J connectivity index is 2.44. The molecular formula is C12H10F2N2OS. The van der Waals surface area contributed by atoms with Crippen molar-refractivity contribution < 1.29 is 13.6 Å². The minimum atomic E-state index is -0.712. The molecule has 0 unspecified atom stereocenters. The molecule has 0 saturated heterocycles. The summed E-state index contributed by atoms with van der Waals surface area (Å²) in [6, 6.07) is 3.57. The van der Waals surface area contributed by atoms with Gasteiger partial charge in [0.1, 0.15) is 22.3 Å². The fourth-order valence-electron chi connectivity index (χ4n) is 1.60. The number of para-hydroxylation sites is 1. The number of carbonyl (C=O) groups excluding carboxylic acids is 1. The second kappa shape index (κ2) is 4.81. The average Bonchev–Trinajstić information content (AvgIpc) is 2.65. The van der Waals surface area contributed by atoms with Gasteiger partial charge in [-0.15, -0.1) is 0 Å². The Morgan fingerprint density at radius 3 is 2.50 bits per heavy atom.